The van der Waals surface area contributed by atoms with E-state index in [1.165, 1.54) is 25.7 Å². The molecule has 1 aliphatic carbocycles. The van der Waals surface area contributed by atoms with E-state index in [2.05, 4.69) is 27.1 Å². The zero-order chi connectivity index (χ0) is 21.9. The van der Waals surface area contributed by atoms with Crippen molar-refractivity contribution < 1.29 is 14.3 Å². The number of benzene rings is 1. The standard InChI is InChI=1S/C17H18N2O3.C4H6S.C2H7N/c1-18-16(21)13-8-11-6-7-12(10-4-3-5-10)14(9-20)15(11)19-17(13)22-2;1-2-4-5-3-1;1-3-2/h6-10H,3-5H2,1-2H3,(H,18,21);1,3H,2,4H2;3H,1-2H3. The van der Waals surface area contributed by atoms with Gasteiger partial charge in [0.1, 0.15) is 5.56 Å². The van der Waals surface area contributed by atoms with E-state index in [0.29, 0.717) is 22.6 Å². The summed E-state index contributed by atoms with van der Waals surface area (Å²) in [4.78, 5) is 27.9. The minimum Gasteiger partial charge on any atom is -0.480 e. The average molecular weight is 430 g/mol. The van der Waals surface area contributed by atoms with Gasteiger partial charge in [0, 0.05) is 23.8 Å². The molecule has 1 aromatic carbocycles. The normalized spacial score (nSPS) is 14.7. The molecule has 0 saturated heterocycles. The summed E-state index contributed by atoms with van der Waals surface area (Å²) in [6.45, 7) is 0. The first-order valence-electron chi connectivity index (χ1n) is 10.1. The lowest BCUT2D eigenvalue weighted by Gasteiger charge is -2.27. The van der Waals surface area contributed by atoms with E-state index >= 15 is 0 Å². The summed E-state index contributed by atoms with van der Waals surface area (Å²) in [7, 11) is 6.78. The van der Waals surface area contributed by atoms with E-state index < -0.39 is 0 Å². The molecule has 0 atom stereocenters. The fraction of sp³-hybridized carbons (Fsp3) is 0.435. The molecular formula is C23H31N3O3S. The van der Waals surface area contributed by atoms with Crippen LogP contribution in [0.15, 0.2) is 29.7 Å². The number of hydrogen-bond acceptors (Lipinski definition) is 6. The summed E-state index contributed by atoms with van der Waals surface area (Å²) >= 11 is 1.89. The van der Waals surface area contributed by atoms with Gasteiger partial charge in [-0.3, -0.25) is 9.59 Å². The number of ether oxygens (including phenoxy) is 1. The molecular weight excluding hydrogens is 398 g/mol. The molecule has 0 bridgehead atoms. The topological polar surface area (TPSA) is 80.3 Å². The highest BCUT2D eigenvalue weighted by atomic mass is 32.2. The minimum absolute atomic E-state index is 0.237. The molecule has 2 N–H and O–H groups in total. The number of pyridine rings is 1. The Balaban J connectivity index is 0.000000338. The van der Waals surface area contributed by atoms with Gasteiger partial charge in [-0.05, 0) is 56.3 Å². The number of thioether (sulfide) groups is 1. The van der Waals surface area contributed by atoms with Gasteiger partial charge in [0.15, 0.2) is 6.29 Å². The van der Waals surface area contributed by atoms with Crippen LogP contribution in [0.2, 0.25) is 0 Å². The van der Waals surface area contributed by atoms with Crippen molar-refractivity contribution in [1.29, 1.82) is 0 Å². The SMILES string of the molecule is C1=CSCC1.CNC.CNC(=O)c1cc2ccc(C3CCC3)c(C=O)c2nc1OC. The summed E-state index contributed by atoms with van der Waals surface area (Å²) in [5.74, 6) is 1.72. The largest absolute Gasteiger partial charge is 0.480 e. The van der Waals surface area contributed by atoms with Crippen LogP contribution >= 0.6 is 11.8 Å². The van der Waals surface area contributed by atoms with Gasteiger partial charge in [0.25, 0.3) is 5.91 Å². The first-order valence-corrected chi connectivity index (χ1v) is 11.2. The zero-order valence-electron chi connectivity index (χ0n) is 18.2. The number of hydrogen-bond donors (Lipinski definition) is 2. The molecule has 1 aromatic heterocycles. The molecule has 0 unspecified atom stereocenters. The Bertz CT molecular complexity index is 889. The molecule has 1 aliphatic heterocycles. The third kappa shape index (κ3) is 5.83. The summed E-state index contributed by atoms with van der Waals surface area (Å²) in [5.41, 5.74) is 2.63. The van der Waals surface area contributed by atoms with Crippen LogP contribution in [0.3, 0.4) is 0 Å². The number of aromatic nitrogens is 1. The Hall–Kier alpha value is -2.38. The van der Waals surface area contributed by atoms with Crippen molar-refractivity contribution in [2.24, 2.45) is 0 Å². The monoisotopic (exact) mass is 429 g/mol. The molecule has 2 aliphatic rings. The maximum absolute atomic E-state index is 11.9. The van der Waals surface area contributed by atoms with Gasteiger partial charge in [-0.2, -0.15) is 0 Å². The van der Waals surface area contributed by atoms with Gasteiger partial charge >= 0.3 is 0 Å². The van der Waals surface area contributed by atoms with Crippen LogP contribution in [-0.2, 0) is 0 Å². The van der Waals surface area contributed by atoms with Gasteiger partial charge < -0.3 is 15.4 Å². The van der Waals surface area contributed by atoms with Crippen LogP contribution < -0.4 is 15.4 Å². The van der Waals surface area contributed by atoms with Crippen molar-refractivity contribution in [3.63, 3.8) is 0 Å². The van der Waals surface area contributed by atoms with Crippen molar-refractivity contribution in [3.8, 4) is 5.88 Å². The second kappa shape index (κ2) is 12.3. The molecule has 162 valence electrons. The summed E-state index contributed by atoms with van der Waals surface area (Å²) in [5, 5.41) is 8.24. The van der Waals surface area contributed by atoms with Crippen molar-refractivity contribution in [3.05, 3.63) is 46.4 Å². The lowest BCUT2D eigenvalue weighted by Crippen LogP contribution is -2.19. The zero-order valence-corrected chi connectivity index (χ0v) is 19.0. The van der Waals surface area contributed by atoms with Crippen LogP contribution in [-0.4, -0.2) is 51.2 Å². The number of amides is 1. The molecule has 1 amide bonds. The van der Waals surface area contributed by atoms with Crippen LogP contribution in [0.25, 0.3) is 10.9 Å². The Kier molecular flexibility index (Phi) is 9.83. The van der Waals surface area contributed by atoms with Gasteiger partial charge in [-0.25, -0.2) is 4.98 Å². The maximum atomic E-state index is 11.9. The van der Waals surface area contributed by atoms with Gasteiger partial charge in [0.05, 0.1) is 12.6 Å². The highest BCUT2D eigenvalue weighted by Gasteiger charge is 2.24. The highest BCUT2D eigenvalue weighted by Crippen LogP contribution is 2.39. The number of carbonyl (C=O) groups excluding carboxylic acids is 2. The van der Waals surface area contributed by atoms with E-state index in [0.717, 1.165) is 30.1 Å². The predicted molar refractivity (Wildman–Crippen MR) is 125 cm³/mol. The third-order valence-corrected chi connectivity index (χ3v) is 5.80. The van der Waals surface area contributed by atoms with Crippen molar-refractivity contribution in [2.75, 3.05) is 34.0 Å². The summed E-state index contributed by atoms with van der Waals surface area (Å²) < 4.78 is 5.23. The Morgan fingerprint density at radius 2 is 2.00 bits per heavy atom. The van der Waals surface area contributed by atoms with Crippen molar-refractivity contribution in [1.82, 2.24) is 15.6 Å². The number of aldehydes is 1. The minimum atomic E-state index is -0.262. The number of fused-ring (bicyclic) bond motifs is 1. The first-order chi connectivity index (χ1) is 14.6. The second-order valence-corrected chi connectivity index (χ2v) is 8.06. The smallest absolute Gasteiger partial charge is 0.256 e. The van der Waals surface area contributed by atoms with Crippen LogP contribution in [0, 0.1) is 0 Å². The maximum Gasteiger partial charge on any atom is 0.256 e. The average Bonchev–Trinajstić information content (AvgIpc) is 3.31. The van der Waals surface area contributed by atoms with Gasteiger partial charge in [-0.1, -0.05) is 24.6 Å². The third-order valence-electron chi connectivity index (χ3n) is 4.95. The second-order valence-electron chi connectivity index (χ2n) is 7.04. The molecule has 0 spiro atoms. The number of nitrogens with one attached hydrogen (secondary N) is 2. The quantitative estimate of drug-likeness (QED) is 0.711. The fourth-order valence-electron chi connectivity index (χ4n) is 3.25. The number of rotatable bonds is 4. The lowest BCUT2D eigenvalue weighted by molar-refractivity contribution is 0.0959. The fourth-order valence-corrected chi connectivity index (χ4v) is 3.93. The highest BCUT2D eigenvalue weighted by molar-refractivity contribution is 8.02. The Labute approximate surface area is 182 Å². The van der Waals surface area contributed by atoms with Crippen molar-refractivity contribution in [2.45, 2.75) is 31.6 Å². The predicted octanol–water partition coefficient (Wildman–Crippen LogP) is 4.16. The summed E-state index contributed by atoms with van der Waals surface area (Å²) in [6.07, 6.45) is 7.77. The molecule has 0 radical (unpaired) electrons. The number of carbonyl (C=O) groups is 2. The van der Waals surface area contributed by atoms with Crippen molar-refractivity contribution >= 4 is 34.9 Å². The Morgan fingerprint density at radius 1 is 1.27 bits per heavy atom. The molecule has 7 heteroatoms. The molecule has 2 heterocycles. The number of allylic oxidation sites excluding steroid dienone is 1. The first kappa shape index (κ1) is 23.9. The molecule has 30 heavy (non-hydrogen) atoms. The lowest BCUT2D eigenvalue weighted by atomic mass is 9.78. The van der Waals surface area contributed by atoms with E-state index in [1.54, 1.807) is 13.1 Å². The molecule has 6 nitrogen and oxygen atoms in total. The molecule has 4 rings (SSSR count). The van der Waals surface area contributed by atoms with E-state index in [-0.39, 0.29) is 11.8 Å². The van der Waals surface area contributed by atoms with E-state index in [9.17, 15) is 9.59 Å². The Morgan fingerprint density at radius 3 is 2.43 bits per heavy atom. The van der Waals surface area contributed by atoms with Gasteiger partial charge in [0.2, 0.25) is 5.88 Å². The van der Waals surface area contributed by atoms with Crippen LogP contribution in [0.5, 0.6) is 5.88 Å². The van der Waals surface area contributed by atoms with Crippen LogP contribution in [0.1, 0.15) is 57.9 Å². The van der Waals surface area contributed by atoms with Gasteiger partial charge in [-0.15, -0.1) is 11.8 Å². The van der Waals surface area contributed by atoms with E-state index in [1.807, 2.05) is 38.0 Å². The van der Waals surface area contributed by atoms with Crippen LogP contribution in [0.4, 0.5) is 0 Å². The number of methoxy groups -OCH3 is 1. The number of nitrogens with zero attached hydrogens (tertiary/aromatic N) is 1. The summed E-state index contributed by atoms with van der Waals surface area (Å²) in [6, 6.07) is 5.63. The molecule has 2 aromatic rings. The molecule has 1 fully saturated rings. The van der Waals surface area contributed by atoms with E-state index in [4.69, 9.17) is 4.74 Å². The molecule has 1 saturated carbocycles.